The molecule has 0 spiro atoms. The number of anilines is 2. The monoisotopic (exact) mass is 298 g/mol. The number of benzene rings is 1. The minimum atomic E-state index is 0.0522. The van der Waals surface area contributed by atoms with Gasteiger partial charge in [0.15, 0.2) is 0 Å². The van der Waals surface area contributed by atoms with Crippen molar-refractivity contribution in [2.24, 2.45) is 0 Å². The Morgan fingerprint density at radius 2 is 1.95 bits per heavy atom. The molecule has 2 aromatic rings. The average Bonchev–Trinajstić information content (AvgIpc) is 2.52. The zero-order chi connectivity index (χ0) is 15.8. The summed E-state index contributed by atoms with van der Waals surface area (Å²) in [6, 6.07) is 11.8. The molecule has 0 radical (unpaired) electrons. The second-order valence-electron chi connectivity index (χ2n) is 5.20. The molecule has 1 aromatic heterocycles. The van der Waals surface area contributed by atoms with Crippen molar-refractivity contribution in [1.82, 2.24) is 10.3 Å². The molecule has 0 saturated heterocycles. The predicted molar refractivity (Wildman–Crippen MR) is 89.6 cm³/mol. The van der Waals surface area contributed by atoms with Crippen molar-refractivity contribution in [3.63, 3.8) is 0 Å². The van der Waals surface area contributed by atoms with E-state index in [4.69, 9.17) is 5.73 Å². The number of pyridine rings is 1. The fourth-order valence-corrected chi connectivity index (χ4v) is 2.05. The third-order valence-corrected chi connectivity index (χ3v) is 3.34. The summed E-state index contributed by atoms with van der Waals surface area (Å²) in [5, 5.41) is 5.98. The molecular weight excluding hydrogens is 276 g/mol. The molecule has 116 valence electrons. The maximum Gasteiger partial charge on any atom is 0.220 e. The van der Waals surface area contributed by atoms with E-state index in [9.17, 15) is 4.79 Å². The Bertz CT molecular complexity index is 610. The summed E-state index contributed by atoms with van der Waals surface area (Å²) >= 11 is 0. The Hall–Kier alpha value is -2.56. The molecule has 1 heterocycles. The van der Waals surface area contributed by atoms with E-state index in [2.05, 4.69) is 46.8 Å². The summed E-state index contributed by atoms with van der Waals surface area (Å²) in [5.74, 6) is 0.702. The molecule has 1 amide bonds. The largest absolute Gasteiger partial charge is 0.396 e. The van der Waals surface area contributed by atoms with Crippen molar-refractivity contribution in [3.05, 3.63) is 53.7 Å². The van der Waals surface area contributed by atoms with Crippen LogP contribution in [0.25, 0.3) is 0 Å². The van der Waals surface area contributed by atoms with Crippen molar-refractivity contribution in [1.29, 1.82) is 0 Å². The van der Waals surface area contributed by atoms with Crippen LogP contribution in [0.15, 0.2) is 42.6 Å². The van der Waals surface area contributed by atoms with Gasteiger partial charge in [-0.25, -0.2) is 4.98 Å². The fourth-order valence-electron chi connectivity index (χ4n) is 2.05. The molecule has 0 bridgehead atoms. The number of carbonyl (C=O) groups is 1. The SMILES string of the molecule is Cc1ccc(CCC(=O)NCCNc2ncccc2N)cc1. The quantitative estimate of drug-likeness (QED) is 0.684. The lowest BCUT2D eigenvalue weighted by Crippen LogP contribution is -2.29. The van der Waals surface area contributed by atoms with E-state index in [1.807, 2.05) is 0 Å². The number of amides is 1. The van der Waals surface area contributed by atoms with Gasteiger partial charge in [0, 0.05) is 25.7 Å². The number of rotatable bonds is 7. The first-order chi connectivity index (χ1) is 10.6. The number of nitrogen functional groups attached to an aromatic ring is 1. The first-order valence-electron chi connectivity index (χ1n) is 7.42. The van der Waals surface area contributed by atoms with Gasteiger partial charge in [0.2, 0.25) is 5.91 Å². The first kappa shape index (κ1) is 15.8. The molecule has 1 aromatic carbocycles. The minimum Gasteiger partial charge on any atom is -0.396 e. The van der Waals surface area contributed by atoms with Crippen LogP contribution in [0, 0.1) is 6.92 Å². The van der Waals surface area contributed by atoms with Crippen LogP contribution in [-0.4, -0.2) is 24.0 Å². The van der Waals surface area contributed by atoms with Crippen LogP contribution in [0.1, 0.15) is 17.5 Å². The third kappa shape index (κ3) is 5.09. The first-order valence-corrected chi connectivity index (χ1v) is 7.42. The topological polar surface area (TPSA) is 80.0 Å². The highest BCUT2D eigenvalue weighted by Crippen LogP contribution is 2.11. The molecule has 4 N–H and O–H groups in total. The van der Waals surface area contributed by atoms with Gasteiger partial charge in [-0.3, -0.25) is 4.79 Å². The van der Waals surface area contributed by atoms with Crippen LogP contribution in [0.4, 0.5) is 11.5 Å². The molecule has 5 heteroatoms. The number of hydrogen-bond donors (Lipinski definition) is 3. The molecule has 0 unspecified atom stereocenters. The van der Waals surface area contributed by atoms with Gasteiger partial charge in [-0.05, 0) is 31.0 Å². The van der Waals surface area contributed by atoms with Crippen molar-refractivity contribution in [2.75, 3.05) is 24.1 Å². The van der Waals surface area contributed by atoms with Gasteiger partial charge < -0.3 is 16.4 Å². The minimum absolute atomic E-state index is 0.0522. The second-order valence-corrected chi connectivity index (χ2v) is 5.20. The number of nitrogens with zero attached hydrogens (tertiary/aromatic N) is 1. The summed E-state index contributed by atoms with van der Waals surface area (Å²) in [5.41, 5.74) is 8.79. The highest BCUT2D eigenvalue weighted by Gasteiger charge is 2.02. The van der Waals surface area contributed by atoms with E-state index in [1.165, 1.54) is 11.1 Å². The Labute approximate surface area is 130 Å². The van der Waals surface area contributed by atoms with Gasteiger partial charge in [0.25, 0.3) is 0 Å². The van der Waals surface area contributed by atoms with Gasteiger partial charge in [0.05, 0.1) is 5.69 Å². The summed E-state index contributed by atoms with van der Waals surface area (Å²) in [7, 11) is 0. The Morgan fingerprint density at radius 1 is 1.18 bits per heavy atom. The lowest BCUT2D eigenvalue weighted by molar-refractivity contribution is -0.120. The Morgan fingerprint density at radius 3 is 2.68 bits per heavy atom. The van der Waals surface area contributed by atoms with E-state index < -0.39 is 0 Å². The molecule has 2 rings (SSSR count). The lowest BCUT2D eigenvalue weighted by atomic mass is 10.1. The molecular formula is C17H22N4O. The summed E-state index contributed by atoms with van der Waals surface area (Å²) in [6.45, 7) is 3.19. The van der Waals surface area contributed by atoms with Crippen molar-refractivity contribution >= 4 is 17.4 Å². The zero-order valence-corrected chi connectivity index (χ0v) is 12.8. The number of nitrogens with one attached hydrogen (secondary N) is 2. The number of carbonyl (C=O) groups excluding carboxylic acids is 1. The smallest absolute Gasteiger partial charge is 0.220 e. The van der Waals surface area contributed by atoms with Crippen LogP contribution in [0.5, 0.6) is 0 Å². The fraction of sp³-hybridized carbons (Fsp3) is 0.294. The molecule has 0 fully saturated rings. The summed E-state index contributed by atoms with van der Waals surface area (Å²) < 4.78 is 0. The van der Waals surface area contributed by atoms with Gasteiger partial charge in [-0.15, -0.1) is 0 Å². The van der Waals surface area contributed by atoms with Crippen LogP contribution in [-0.2, 0) is 11.2 Å². The lowest BCUT2D eigenvalue weighted by Gasteiger charge is -2.09. The molecule has 0 aliphatic carbocycles. The summed E-state index contributed by atoms with van der Waals surface area (Å²) in [4.78, 5) is 15.9. The van der Waals surface area contributed by atoms with Gasteiger partial charge in [0.1, 0.15) is 5.82 Å². The normalized spacial score (nSPS) is 10.2. The van der Waals surface area contributed by atoms with Crippen LogP contribution in [0.2, 0.25) is 0 Å². The second kappa shape index (κ2) is 8.02. The van der Waals surface area contributed by atoms with Crippen LogP contribution in [0.3, 0.4) is 0 Å². The number of hydrogen-bond acceptors (Lipinski definition) is 4. The molecule has 0 aliphatic heterocycles. The van der Waals surface area contributed by atoms with Crippen LogP contribution < -0.4 is 16.4 Å². The van der Waals surface area contributed by atoms with Gasteiger partial charge in [-0.1, -0.05) is 29.8 Å². The zero-order valence-electron chi connectivity index (χ0n) is 12.8. The van der Waals surface area contributed by atoms with Crippen LogP contribution >= 0.6 is 0 Å². The molecule has 0 saturated carbocycles. The van der Waals surface area contributed by atoms with E-state index in [0.29, 0.717) is 31.0 Å². The van der Waals surface area contributed by atoms with Gasteiger partial charge >= 0.3 is 0 Å². The van der Waals surface area contributed by atoms with E-state index >= 15 is 0 Å². The number of aryl methyl sites for hydroxylation is 2. The molecule has 5 nitrogen and oxygen atoms in total. The maximum absolute atomic E-state index is 11.8. The Balaban J connectivity index is 1.64. The third-order valence-electron chi connectivity index (χ3n) is 3.34. The number of nitrogens with two attached hydrogens (primary N) is 1. The standard InChI is InChI=1S/C17H22N4O/c1-13-4-6-14(7-5-13)8-9-16(22)19-11-12-21-17-15(18)3-2-10-20-17/h2-7,10H,8-9,11-12,18H2,1H3,(H,19,22)(H,20,21). The molecule has 0 aliphatic rings. The Kier molecular flexibility index (Phi) is 5.77. The van der Waals surface area contributed by atoms with Crippen molar-refractivity contribution in [3.8, 4) is 0 Å². The highest BCUT2D eigenvalue weighted by atomic mass is 16.1. The van der Waals surface area contributed by atoms with Gasteiger partial charge in [-0.2, -0.15) is 0 Å². The molecule has 0 atom stereocenters. The highest BCUT2D eigenvalue weighted by molar-refractivity contribution is 5.76. The maximum atomic E-state index is 11.8. The van der Waals surface area contributed by atoms with Crippen molar-refractivity contribution in [2.45, 2.75) is 19.8 Å². The van der Waals surface area contributed by atoms with E-state index in [-0.39, 0.29) is 5.91 Å². The predicted octanol–water partition coefficient (Wildman–Crippen LogP) is 2.13. The number of aromatic nitrogens is 1. The average molecular weight is 298 g/mol. The van der Waals surface area contributed by atoms with E-state index in [0.717, 1.165) is 6.42 Å². The molecule has 22 heavy (non-hydrogen) atoms. The summed E-state index contributed by atoms with van der Waals surface area (Å²) in [6.07, 6.45) is 2.93. The van der Waals surface area contributed by atoms with E-state index in [1.54, 1.807) is 18.3 Å². The van der Waals surface area contributed by atoms with Crippen molar-refractivity contribution < 1.29 is 4.79 Å².